The molecule has 9 heteroatoms. The molecule has 2 aliphatic rings. The molecule has 2 aromatic rings. The van der Waals surface area contributed by atoms with Gasteiger partial charge in [0.15, 0.2) is 0 Å². The van der Waals surface area contributed by atoms with Crippen molar-refractivity contribution < 1.29 is 10.2 Å². The van der Waals surface area contributed by atoms with E-state index in [9.17, 15) is 0 Å². The van der Waals surface area contributed by atoms with Gasteiger partial charge < -0.3 is 20.4 Å². The Morgan fingerprint density at radius 3 is 1.71 bits per heavy atom. The van der Waals surface area contributed by atoms with Crippen molar-refractivity contribution in [1.29, 1.82) is 0 Å². The third kappa shape index (κ3) is 11.6. The Balaban J connectivity index is 0.000000203. The van der Waals surface area contributed by atoms with Crippen molar-refractivity contribution >= 4 is 17.5 Å². The van der Waals surface area contributed by atoms with Crippen LogP contribution in [0, 0.1) is 11.8 Å². The van der Waals surface area contributed by atoms with Crippen LogP contribution in [0.2, 0.25) is 5.28 Å². The highest BCUT2D eigenvalue weighted by molar-refractivity contribution is 6.28. The van der Waals surface area contributed by atoms with E-state index in [-0.39, 0.29) is 0 Å². The topological polar surface area (TPSA) is 107 Å². The molecule has 0 radical (unpaired) electrons. The highest BCUT2D eigenvalue weighted by atomic mass is 35.5. The van der Waals surface area contributed by atoms with Crippen molar-refractivity contribution in [3.05, 3.63) is 41.2 Å². The van der Waals surface area contributed by atoms with Crippen LogP contribution in [0.1, 0.15) is 63.5 Å². The maximum absolute atomic E-state index is 8.92. The molecule has 8 nitrogen and oxygen atoms in total. The maximum atomic E-state index is 8.92. The number of rotatable bonds is 7. The van der Waals surface area contributed by atoms with Crippen LogP contribution < -0.4 is 10.2 Å². The van der Waals surface area contributed by atoms with Gasteiger partial charge in [-0.3, -0.25) is 0 Å². The van der Waals surface area contributed by atoms with E-state index < -0.39 is 0 Å². The molecule has 3 N–H and O–H groups in total. The molecule has 2 aromatic heterocycles. The first kappa shape index (κ1) is 29.4. The van der Waals surface area contributed by atoms with E-state index in [1.54, 1.807) is 12.4 Å². The lowest BCUT2D eigenvalue weighted by atomic mass is 9.94. The van der Waals surface area contributed by atoms with Crippen molar-refractivity contribution in [3.8, 4) is 0 Å². The Kier molecular flexibility index (Phi) is 14.7. The SMILES string of the molecule is CCc1cnc(Cl)nc1.CCc1cnc(N2CCC(CCO)CC2)nc1.OCCC1CCNCC1. The Hall–Kier alpha value is -1.87. The van der Waals surface area contributed by atoms with Gasteiger partial charge in [-0.05, 0) is 99.0 Å². The predicted molar refractivity (Wildman–Crippen MR) is 142 cm³/mol. The molecule has 196 valence electrons. The fourth-order valence-electron chi connectivity index (χ4n) is 4.17. The zero-order chi connectivity index (χ0) is 25.3. The number of halogens is 1. The minimum Gasteiger partial charge on any atom is -0.396 e. The summed E-state index contributed by atoms with van der Waals surface area (Å²) in [6, 6.07) is 0. The van der Waals surface area contributed by atoms with E-state index in [1.807, 2.05) is 19.3 Å². The van der Waals surface area contributed by atoms with Gasteiger partial charge in [0.05, 0.1) is 0 Å². The second-order valence-electron chi connectivity index (χ2n) is 9.11. The Labute approximate surface area is 215 Å². The first-order chi connectivity index (χ1) is 17.1. The van der Waals surface area contributed by atoms with E-state index >= 15 is 0 Å². The maximum Gasteiger partial charge on any atom is 0.225 e. The van der Waals surface area contributed by atoms with Gasteiger partial charge in [-0.25, -0.2) is 19.9 Å². The summed E-state index contributed by atoms with van der Waals surface area (Å²) < 4.78 is 0. The molecule has 0 amide bonds. The standard InChI is InChI=1S/C13H21N3O.C7H15NO.C6H7ClN2/c1-2-11-9-14-13(15-10-11)16-6-3-12(4-7-16)5-8-17;9-6-3-7-1-4-8-5-2-7;1-2-5-3-8-6(7)9-4-5/h9-10,12,17H,2-8H2,1H3;7-9H,1-6H2;3-4H,2H2,1H3. The van der Waals surface area contributed by atoms with Crippen molar-refractivity contribution in [2.75, 3.05) is 44.3 Å². The number of piperidine rings is 2. The number of aryl methyl sites for hydroxylation is 2. The largest absolute Gasteiger partial charge is 0.396 e. The number of anilines is 1. The molecule has 0 unspecified atom stereocenters. The van der Waals surface area contributed by atoms with E-state index in [0.717, 1.165) is 82.1 Å². The highest BCUT2D eigenvalue weighted by Crippen LogP contribution is 2.22. The van der Waals surface area contributed by atoms with Gasteiger partial charge in [0.2, 0.25) is 11.2 Å². The monoisotopic (exact) mass is 506 g/mol. The summed E-state index contributed by atoms with van der Waals surface area (Å²) in [5.41, 5.74) is 2.29. The second-order valence-corrected chi connectivity index (χ2v) is 9.45. The Bertz CT molecular complexity index is 777. The van der Waals surface area contributed by atoms with Crippen LogP contribution in [0.4, 0.5) is 5.95 Å². The molecule has 2 saturated heterocycles. The summed E-state index contributed by atoms with van der Waals surface area (Å²) in [6.07, 6.45) is 16.0. The zero-order valence-corrected chi connectivity index (χ0v) is 22.1. The minimum atomic E-state index is 0.312. The molecule has 4 heterocycles. The summed E-state index contributed by atoms with van der Waals surface area (Å²) in [4.78, 5) is 18.7. The summed E-state index contributed by atoms with van der Waals surface area (Å²) >= 11 is 5.45. The molecule has 2 aliphatic heterocycles. The number of nitrogens with one attached hydrogen (secondary N) is 1. The average Bonchev–Trinajstić information content (AvgIpc) is 2.91. The number of aromatic nitrogens is 4. The van der Waals surface area contributed by atoms with Crippen LogP contribution in [0.25, 0.3) is 0 Å². The quantitative estimate of drug-likeness (QED) is 0.488. The number of aliphatic hydroxyl groups is 2. The van der Waals surface area contributed by atoms with Crippen LogP contribution >= 0.6 is 11.6 Å². The van der Waals surface area contributed by atoms with Gasteiger partial charge in [0, 0.05) is 51.1 Å². The summed E-state index contributed by atoms with van der Waals surface area (Å²) in [7, 11) is 0. The zero-order valence-electron chi connectivity index (χ0n) is 21.4. The fourth-order valence-corrected chi connectivity index (χ4v) is 4.27. The van der Waals surface area contributed by atoms with Gasteiger partial charge >= 0.3 is 0 Å². The normalized spacial score (nSPS) is 16.7. The molecular weight excluding hydrogens is 464 g/mol. The average molecular weight is 507 g/mol. The molecule has 4 rings (SSSR count). The molecule has 0 bridgehead atoms. The summed E-state index contributed by atoms with van der Waals surface area (Å²) in [5, 5.41) is 21.1. The molecular formula is C26H43ClN6O2. The lowest BCUT2D eigenvalue weighted by molar-refractivity contribution is 0.235. The summed E-state index contributed by atoms with van der Waals surface area (Å²) in [6.45, 7) is 9.14. The van der Waals surface area contributed by atoms with E-state index in [1.165, 1.54) is 18.4 Å². The van der Waals surface area contributed by atoms with Crippen LogP contribution in [0.15, 0.2) is 24.8 Å². The first-order valence-corrected chi connectivity index (χ1v) is 13.4. The van der Waals surface area contributed by atoms with Crippen LogP contribution in [-0.4, -0.2) is 69.5 Å². The molecule has 35 heavy (non-hydrogen) atoms. The predicted octanol–water partition coefficient (Wildman–Crippen LogP) is 3.70. The lowest BCUT2D eigenvalue weighted by Crippen LogP contribution is -2.35. The van der Waals surface area contributed by atoms with Crippen LogP contribution in [0.3, 0.4) is 0 Å². The fraction of sp³-hybridized carbons (Fsp3) is 0.692. The third-order valence-electron chi connectivity index (χ3n) is 6.61. The highest BCUT2D eigenvalue weighted by Gasteiger charge is 2.20. The van der Waals surface area contributed by atoms with Gasteiger partial charge in [-0.2, -0.15) is 0 Å². The smallest absolute Gasteiger partial charge is 0.225 e. The minimum absolute atomic E-state index is 0.312. The van der Waals surface area contributed by atoms with E-state index in [0.29, 0.717) is 24.4 Å². The first-order valence-electron chi connectivity index (χ1n) is 13.0. The molecule has 0 saturated carbocycles. The van der Waals surface area contributed by atoms with Gasteiger partial charge in [0.1, 0.15) is 0 Å². The van der Waals surface area contributed by atoms with Gasteiger partial charge in [-0.15, -0.1) is 0 Å². The van der Waals surface area contributed by atoms with E-state index in [4.69, 9.17) is 21.8 Å². The van der Waals surface area contributed by atoms with Gasteiger partial charge in [-0.1, -0.05) is 13.8 Å². The van der Waals surface area contributed by atoms with Crippen molar-refractivity contribution in [2.45, 2.75) is 65.2 Å². The number of hydrogen-bond acceptors (Lipinski definition) is 8. The number of nitrogens with zero attached hydrogens (tertiary/aromatic N) is 5. The number of aliphatic hydroxyl groups excluding tert-OH is 2. The molecule has 0 spiro atoms. The van der Waals surface area contributed by atoms with Crippen molar-refractivity contribution in [3.63, 3.8) is 0 Å². The Morgan fingerprint density at radius 1 is 0.800 bits per heavy atom. The molecule has 0 aromatic carbocycles. The second kappa shape index (κ2) is 17.5. The molecule has 0 atom stereocenters. The number of hydrogen-bond donors (Lipinski definition) is 3. The van der Waals surface area contributed by atoms with Gasteiger partial charge in [0.25, 0.3) is 0 Å². The lowest BCUT2D eigenvalue weighted by Gasteiger charge is -2.31. The van der Waals surface area contributed by atoms with E-state index in [2.05, 4.69) is 37.1 Å². The van der Waals surface area contributed by atoms with Crippen LogP contribution in [0.5, 0.6) is 0 Å². The molecule has 0 aliphatic carbocycles. The molecule has 2 fully saturated rings. The van der Waals surface area contributed by atoms with Crippen molar-refractivity contribution in [2.24, 2.45) is 11.8 Å². The third-order valence-corrected chi connectivity index (χ3v) is 6.81. The van der Waals surface area contributed by atoms with Crippen LogP contribution in [-0.2, 0) is 12.8 Å². The summed E-state index contributed by atoms with van der Waals surface area (Å²) in [5.74, 6) is 2.31. The van der Waals surface area contributed by atoms with Crippen molar-refractivity contribution in [1.82, 2.24) is 25.3 Å². The Morgan fingerprint density at radius 2 is 1.26 bits per heavy atom.